The van der Waals surface area contributed by atoms with Crippen LogP contribution in [0.1, 0.15) is 89.0 Å². The molecule has 0 spiro atoms. The van der Waals surface area contributed by atoms with Crippen LogP contribution in [0.4, 0.5) is 0 Å². The van der Waals surface area contributed by atoms with E-state index in [-0.39, 0.29) is 17.9 Å². The molecule has 2 amide bonds. The summed E-state index contributed by atoms with van der Waals surface area (Å²) in [6.45, 7) is 5.10. The summed E-state index contributed by atoms with van der Waals surface area (Å²) in [6, 6.07) is 33.8. The summed E-state index contributed by atoms with van der Waals surface area (Å²) in [7, 11) is 0. The van der Waals surface area contributed by atoms with Crippen LogP contribution in [0, 0.1) is 0 Å². The Balaban J connectivity index is 0.000000205. The van der Waals surface area contributed by atoms with E-state index in [0.29, 0.717) is 83.9 Å². The number of carbonyl (C=O) groups excluding carboxylic acids is 2. The minimum Gasteiger partial charge on any atom is -0.494 e. The van der Waals surface area contributed by atoms with Gasteiger partial charge in [-0.05, 0) is 105 Å². The number of carbonyl (C=O) groups is 4. The van der Waals surface area contributed by atoms with Gasteiger partial charge >= 0.3 is 11.9 Å². The number of aliphatic carboxylic acids is 2. The third-order valence-corrected chi connectivity index (χ3v) is 11.4. The lowest BCUT2D eigenvalue weighted by atomic mass is 10.0. The molecule has 11 nitrogen and oxygen atoms in total. The van der Waals surface area contributed by atoms with Gasteiger partial charge in [0.1, 0.15) is 29.3 Å². The number of halogens is 2. The Morgan fingerprint density at radius 2 is 1.02 bits per heavy atom. The highest BCUT2D eigenvalue weighted by Crippen LogP contribution is 2.42. The van der Waals surface area contributed by atoms with E-state index in [1.54, 1.807) is 54.6 Å². The summed E-state index contributed by atoms with van der Waals surface area (Å²) < 4.78 is 16.9. The molecule has 0 aliphatic carbocycles. The summed E-state index contributed by atoms with van der Waals surface area (Å²) in [5.41, 5.74) is 3.46. The van der Waals surface area contributed by atoms with Crippen molar-refractivity contribution in [3.05, 3.63) is 159 Å². The first-order valence-corrected chi connectivity index (χ1v) is 21.0. The highest BCUT2D eigenvalue weighted by Gasteiger charge is 2.44. The quantitative estimate of drug-likeness (QED) is 0.112. The normalized spacial score (nSPS) is 18.2. The number of amides is 2. The van der Waals surface area contributed by atoms with Crippen LogP contribution in [0.2, 0.25) is 10.0 Å². The molecule has 318 valence electrons. The van der Waals surface area contributed by atoms with E-state index in [0.717, 1.165) is 17.5 Å². The molecule has 0 radical (unpaired) electrons. The zero-order valence-electron chi connectivity index (χ0n) is 33.9. The van der Waals surface area contributed by atoms with Crippen LogP contribution < -0.4 is 14.2 Å². The van der Waals surface area contributed by atoms with Gasteiger partial charge in [0.25, 0.3) is 11.8 Å². The number of hydrogen-bond donors (Lipinski definition) is 2. The monoisotopic (exact) mass is 866 g/mol. The Hall–Kier alpha value is -6.04. The number of rotatable bonds is 14. The van der Waals surface area contributed by atoms with E-state index >= 15 is 0 Å². The third-order valence-electron chi connectivity index (χ3n) is 10.7. The zero-order valence-corrected chi connectivity index (χ0v) is 35.4. The van der Waals surface area contributed by atoms with Crippen molar-refractivity contribution in [3.8, 4) is 17.2 Å². The highest BCUT2D eigenvalue weighted by atomic mass is 35.5. The maximum absolute atomic E-state index is 13.5. The summed E-state index contributed by atoms with van der Waals surface area (Å²) in [5.74, 6) is -1.08. The van der Waals surface area contributed by atoms with Crippen LogP contribution >= 0.6 is 23.2 Å². The van der Waals surface area contributed by atoms with Crippen LogP contribution in [-0.2, 0) is 16.0 Å². The third kappa shape index (κ3) is 10.8. The maximum Gasteiger partial charge on any atom is 0.326 e. The van der Waals surface area contributed by atoms with Crippen molar-refractivity contribution < 1.29 is 43.6 Å². The van der Waals surface area contributed by atoms with Gasteiger partial charge in [0.2, 0.25) is 0 Å². The number of benzene rings is 5. The molecule has 0 unspecified atom stereocenters. The Kier molecular flexibility index (Phi) is 15.3. The fraction of sp³-hybridized carbons (Fsp3) is 0.292. The number of carboxylic acid groups (broad SMARTS) is 2. The van der Waals surface area contributed by atoms with E-state index in [1.165, 1.54) is 15.4 Å². The van der Waals surface area contributed by atoms with Crippen LogP contribution in [0.15, 0.2) is 121 Å². The van der Waals surface area contributed by atoms with Gasteiger partial charge in [-0.1, -0.05) is 89.9 Å². The molecule has 2 aliphatic rings. The number of nitrogens with zero attached hydrogens (tertiary/aromatic N) is 2. The Labute approximate surface area is 365 Å². The summed E-state index contributed by atoms with van der Waals surface area (Å²) in [6.07, 6.45) is 2.61. The number of ether oxygens (including phenoxy) is 3. The first-order valence-electron chi connectivity index (χ1n) is 20.3. The zero-order chi connectivity index (χ0) is 43.5. The van der Waals surface area contributed by atoms with Crippen LogP contribution in [0.5, 0.6) is 17.2 Å². The topological polar surface area (TPSA) is 143 Å². The second-order valence-electron chi connectivity index (χ2n) is 14.5. The molecule has 2 fully saturated rings. The number of likely N-dealkylation sites (tertiary alicyclic amines) is 2. The molecular formula is C48H48Cl2N2O9. The molecule has 61 heavy (non-hydrogen) atoms. The van der Waals surface area contributed by atoms with Gasteiger partial charge in [0.15, 0.2) is 0 Å². The summed E-state index contributed by atoms with van der Waals surface area (Å²) in [4.78, 5) is 53.4. The molecule has 7 rings (SSSR count). The smallest absolute Gasteiger partial charge is 0.326 e. The molecule has 2 aliphatic heterocycles. The van der Waals surface area contributed by atoms with E-state index in [4.69, 9.17) is 37.4 Å². The molecule has 5 aromatic rings. The Morgan fingerprint density at radius 3 is 1.48 bits per heavy atom. The van der Waals surface area contributed by atoms with Gasteiger partial charge in [0.05, 0.1) is 31.9 Å². The van der Waals surface area contributed by atoms with Crippen molar-refractivity contribution in [2.45, 2.75) is 70.1 Å². The Morgan fingerprint density at radius 1 is 0.557 bits per heavy atom. The average molecular weight is 868 g/mol. The first-order chi connectivity index (χ1) is 29.5. The van der Waals surface area contributed by atoms with E-state index in [1.807, 2.05) is 68.4 Å². The molecule has 0 bridgehead atoms. The van der Waals surface area contributed by atoms with Gasteiger partial charge in [-0.25, -0.2) is 9.59 Å². The molecule has 2 N–H and O–H groups in total. The van der Waals surface area contributed by atoms with Crippen molar-refractivity contribution in [1.82, 2.24) is 9.80 Å². The van der Waals surface area contributed by atoms with Crippen molar-refractivity contribution >= 4 is 47.0 Å². The predicted octanol–water partition coefficient (Wildman–Crippen LogP) is 9.96. The van der Waals surface area contributed by atoms with Crippen LogP contribution in [0.25, 0.3) is 0 Å². The van der Waals surface area contributed by atoms with E-state index < -0.39 is 30.1 Å². The lowest BCUT2D eigenvalue weighted by molar-refractivity contribution is -0.142. The molecule has 13 heteroatoms. The fourth-order valence-electron chi connectivity index (χ4n) is 7.89. The van der Waals surface area contributed by atoms with Gasteiger partial charge in [-0.2, -0.15) is 0 Å². The van der Waals surface area contributed by atoms with Crippen LogP contribution in [0.3, 0.4) is 0 Å². The van der Waals surface area contributed by atoms with Crippen molar-refractivity contribution in [1.29, 1.82) is 0 Å². The van der Waals surface area contributed by atoms with Crippen molar-refractivity contribution in [3.63, 3.8) is 0 Å². The molecule has 4 atom stereocenters. The number of carboxylic acids is 2. The summed E-state index contributed by atoms with van der Waals surface area (Å²) >= 11 is 12.7. The van der Waals surface area contributed by atoms with Gasteiger partial charge in [-0.3, -0.25) is 9.59 Å². The predicted molar refractivity (Wildman–Crippen MR) is 233 cm³/mol. The molecule has 0 aromatic heterocycles. The molecule has 2 heterocycles. The summed E-state index contributed by atoms with van der Waals surface area (Å²) in [5, 5.41) is 20.5. The minimum atomic E-state index is -1.03. The second-order valence-corrected chi connectivity index (χ2v) is 15.3. The Bertz CT molecular complexity index is 2280. The molecular weight excluding hydrogens is 819 g/mol. The second kappa shape index (κ2) is 21.0. The minimum absolute atomic E-state index is 0.323. The van der Waals surface area contributed by atoms with Crippen molar-refractivity contribution in [2.75, 3.05) is 19.8 Å². The van der Waals surface area contributed by atoms with Crippen molar-refractivity contribution in [2.24, 2.45) is 0 Å². The standard InChI is InChI=1S/C26H24ClNO4.C22H24ClNO5/c27-22-9-5-4-8-21(22)23-14-15-24(26(30)31)28(23)25(29)19-10-12-20(13-11-19)32-17-16-18-6-2-1-3-7-18;1-3-28-15-11-14(12-16(13-15)29-4-2)21(25)24-19(9-10-20(24)22(26)27)17-7-5-6-8-18(17)23/h1-13,23-24H,14-17H2,(H,30,31);5-8,11-13,19-20H,3-4,9-10H2,1-2H3,(H,26,27)/t23-,24+;19-,20+/m11/s1. The van der Waals surface area contributed by atoms with E-state index in [9.17, 15) is 29.4 Å². The highest BCUT2D eigenvalue weighted by molar-refractivity contribution is 6.31. The largest absolute Gasteiger partial charge is 0.494 e. The SMILES string of the molecule is CCOc1cc(OCC)cc(C(=O)N2[C@@H](c3ccccc3Cl)CC[C@H]2C(=O)O)c1.O=C(O)[C@@H]1CC[C@H](c2ccccc2Cl)N1C(=O)c1ccc(OCCc2ccccc2)cc1. The molecule has 0 saturated carbocycles. The lowest BCUT2D eigenvalue weighted by Gasteiger charge is -2.29. The first kappa shape index (κ1) is 44.5. The number of hydrogen-bond acceptors (Lipinski definition) is 7. The van der Waals surface area contributed by atoms with E-state index in [2.05, 4.69) is 12.1 Å². The van der Waals surface area contributed by atoms with Gasteiger partial charge < -0.3 is 34.2 Å². The molecule has 5 aromatic carbocycles. The molecule has 2 saturated heterocycles. The maximum atomic E-state index is 13.5. The lowest BCUT2D eigenvalue weighted by Crippen LogP contribution is -2.41. The fourth-order valence-corrected chi connectivity index (χ4v) is 8.42. The van der Waals surface area contributed by atoms with Crippen LogP contribution in [-0.4, -0.2) is 75.7 Å². The van der Waals surface area contributed by atoms with Gasteiger partial charge in [-0.15, -0.1) is 0 Å². The average Bonchev–Trinajstić information content (AvgIpc) is 3.91. The van der Waals surface area contributed by atoms with Gasteiger partial charge in [0, 0.05) is 33.7 Å².